The van der Waals surface area contributed by atoms with Crippen LogP contribution in [0.5, 0.6) is 5.75 Å². The van der Waals surface area contributed by atoms with E-state index < -0.39 is 0 Å². The standard InChI is InChI=1S/C17H15BrO2/c1-10-4-3-5-13(11(10)2)17-9-15(19)14-7-6-12(18)8-16(14)20-17/h3-8,17H,9H2,1-2H3. The van der Waals surface area contributed by atoms with Crippen molar-refractivity contribution in [3.63, 3.8) is 0 Å². The zero-order valence-electron chi connectivity index (χ0n) is 11.4. The van der Waals surface area contributed by atoms with Crippen molar-refractivity contribution < 1.29 is 9.53 Å². The summed E-state index contributed by atoms with van der Waals surface area (Å²) in [6, 6.07) is 11.7. The van der Waals surface area contributed by atoms with E-state index in [1.54, 1.807) is 0 Å². The first-order valence-corrected chi connectivity index (χ1v) is 7.41. The minimum absolute atomic E-state index is 0.143. The van der Waals surface area contributed by atoms with Gasteiger partial charge in [-0.05, 0) is 48.7 Å². The molecule has 1 unspecified atom stereocenters. The summed E-state index contributed by atoms with van der Waals surface area (Å²) in [6.45, 7) is 4.16. The highest BCUT2D eigenvalue weighted by Crippen LogP contribution is 2.37. The van der Waals surface area contributed by atoms with Gasteiger partial charge in [0.2, 0.25) is 0 Å². The Labute approximate surface area is 126 Å². The number of ether oxygens (including phenoxy) is 1. The molecule has 3 rings (SSSR count). The fraction of sp³-hybridized carbons (Fsp3) is 0.235. The quantitative estimate of drug-likeness (QED) is 0.752. The molecule has 2 aromatic carbocycles. The van der Waals surface area contributed by atoms with Crippen molar-refractivity contribution in [3.05, 3.63) is 63.1 Å². The molecule has 0 fully saturated rings. The molecule has 1 atom stereocenters. The molecule has 3 heteroatoms. The van der Waals surface area contributed by atoms with Gasteiger partial charge in [-0.3, -0.25) is 4.79 Å². The van der Waals surface area contributed by atoms with Gasteiger partial charge in [0.15, 0.2) is 5.78 Å². The van der Waals surface area contributed by atoms with Crippen LogP contribution in [0.15, 0.2) is 40.9 Å². The van der Waals surface area contributed by atoms with Crippen molar-refractivity contribution >= 4 is 21.7 Å². The van der Waals surface area contributed by atoms with Gasteiger partial charge >= 0.3 is 0 Å². The average Bonchev–Trinajstić information content (AvgIpc) is 2.41. The molecule has 1 heterocycles. The van der Waals surface area contributed by atoms with Crippen LogP contribution in [0.2, 0.25) is 0 Å². The van der Waals surface area contributed by atoms with Crippen LogP contribution in [0.3, 0.4) is 0 Å². The third kappa shape index (κ3) is 2.27. The molecule has 102 valence electrons. The van der Waals surface area contributed by atoms with Crippen LogP contribution in [-0.4, -0.2) is 5.78 Å². The van der Waals surface area contributed by atoms with Crippen molar-refractivity contribution in [1.82, 2.24) is 0 Å². The summed E-state index contributed by atoms with van der Waals surface area (Å²) < 4.78 is 6.98. The van der Waals surface area contributed by atoms with Gasteiger partial charge in [-0.25, -0.2) is 0 Å². The zero-order valence-corrected chi connectivity index (χ0v) is 13.0. The third-order valence-corrected chi connectivity index (χ3v) is 4.37. The van der Waals surface area contributed by atoms with E-state index >= 15 is 0 Å². The average molecular weight is 331 g/mol. The maximum Gasteiger partial charge on any atom is 0.170 e. The van der Waals surface area contributed by atoms with Crippen molar-refractivity contribution in [1.29, 1.82) is 0 Å². The summed E-state index contributed by atoms with van der Waals surface area (Å²) in [5.74, 6) is 0.811. The highest BCUT2D eigenvalue weighted by atomic mass is 79.9. The van der Waals surface area contributed by atoms with Crippen LogP contribution in [0.25, 0.3) is 0 Å². The lowest BCUT2D eigenvalue weighted by atomic mass is 9.92. The SMILES string of the molecule is Cc1cccc(C2CC(=O)c3ccc(Br)cc3O2)c1C. The Morgan fingerprint density at radius 2 is 2.00 bits per heavy atom. The van der Waals surface area contributed by atoms with Gasteiger partial charge in [-0.1, -0.05) is 34.1 Å². The van der Waals surface area contributed by atoms with Gasteiger partial charge in [0.1, 0.15) is 11.9 Å². The number of hydrogen-bond donors (Lipinski definition) is 0. The van der Waals surface area contributed by atoms with E-state index in [1.807, 2.05) is 30.3 Å². The molecule has 0 radical (unpaired) electrons. The van der Waals surface area contributed by atoms with E-state index in [4.69, 9.17) is 4.74 Å². The molecule has 0 saturated carbocycles. The van der Waals surface area contributed by atoms with Crippen LogP contribution >= 0.6 is 15.9 Å². The summed E-state index contributed by atoms with van der Waals surface area (Å²) in [7, 11) is 0. The molecule has 0 N–H and O–H groups in total. The number of Topliss-reactive ketones (excluding diaryl/α,β-unsaturated/α-hetero) is 1. The summed E-state index contributed by atoms with van der Waals surface area (Å²) in [4.78, 5) is 12.3. The monoisotopic (exact) mass is 330 g/mol. The minimum atomic E-state index is -0.191. The molecular weight excluding hydrogens is 316 g/mol. The summed E-state index contributed by atoms with van der Waals surface area (Å²) >= 11 is 3.42. The molecule has 2 nitrogen and oxygen atoms in total. The van der Waals surface area contributed by atoms with Crippen LogP contribution in [0.4, 0.5) is 0 Å². The Morgan fingerprint density at radius 1 is 1.20 bits per heavy atom. The van der Waals surface area contributed by atoms with Crippen molar-refractivity contribution in [2.24, 2.45) is 0 Å². The number of rotatable bonds is 1. The van der Waals surface area contributed by atoms with Crippen molar-refractivity contribution in [3.8, 4) is 5.75 Å². The molecule has 0 spiro atoms. The first-order chi connectivity index (χ1) is 9.56. The lowest BCUT2D eigenvalue weighted by molar-refractivity contribution is 0.0849. The summed E-state index contributed by atoms with van der Waals surface area (Å²) in [5, 5.41) is 0. The number of hydrogen-bond acceptors (Lipinski definition) is 2. The molecule has 0 aliphatic carbocycles. The van der Waals surface area contributed by atoms with Crippen molar-refractivity contribution in [2.45, 2.75) is 26.4 Å². The van der Waals surface area contributed by atoms with Crippen LogP contribution in [0.1, 0.15) is 39.6 Å². The van der Waals surface area contributed by atoms with Crippen LogP contribution in [-0.2, 0) is 0 Å². The Balaban J connectivity index is 2.03. The summed E-state index contributed by atoms with van der Waals surface area (Å²) in [5.41, 5.74) is 4.20. The van der Waals surface area contributed by atoms with Crippen LogP contribution < -0.4 is 4.74 Å². The molecule has 2 aromatic rings. The van der Waals surface area contributed by atoms with E-state index in [0.29, 0.717) is 17.7 Å². The number of fused-ring (bicyclic) bond motifs is 1. The molecule has 1 aliphatic heterocycles. The van der Waals surface area contributed by atoms with Gasteiger partial charge < -0.3 is 4.74 Å². The third-order valence-electron chi connectivity index (χ3n) is 3.88. The number of benzene rings is 2. The normalized spacial score (nSPS) is 17.6. The second kappa shape index (κ2) is 5.06. The van der Waals surface area contributed by atoms with Gasteiger partial charge in [-0.15, -0.1) is 0 Å². The van der Waals surface area contributed by atoms with Gasteiger partial charge in [0.25, 0.3) is 0 Å². The van der Waals surface area contributed by atoms with E-state index in [0.717, 1.165) is 10.0 Å². The predicted molar refractivity (Wildman–Crippen MR) is 82.4 cm³/mol. The maximum atomic E-state index is 12.3. The lowest BCUT2D eigenvalue weighted by Gasteiger charge is -2.27. The molecule has 0 bridgehead atoms. The number of carbonyl (C=O) groups is 1. The first-order valence-electron chi connectivity index (χ1n) is 6.62. The molecule has 0 saturated heterocycles. The number of carbonyl (C=O) groups excluding carboxylic acids is 1. The second-order valence-electron chi connectivity index (χ2n) is 5.16. The van der Waals surface area contributed by atoms with Crippen molar-refractivity contribution in [2.75, 3.05) is 0 Å². The largest absolute Gasteiger partial charge is 0.484 e. The Morgan fingerprint density at radius 3 is 2.80 bits per heavy atom. The fourth-order valence-electron chi connectivity index (χ4n) is 2.59. The van der Waals surface area contributed by atoms with Gasteiger partial charge in [0.05, 0.1) is 12.0 Å². The minimum Gasteiger partial charge on any atom is -0.484 e. The van der Waals surface area contributed by atoms with Gasteiger partial charge in [0, 0.05) is 4.47 Å². The Bertz CT molecular complexity index is 691. The van der Waals surface area contributed by atoms with E-state index in [-0.39, 0.29) is 11.9 Å². The Hall–Kier alpha value is -1.61. The molecule has 1 aliphatic rings. The topological polar surface area (TPSA) is 26.3 Å². The highest BCUT2D eigenvalue weighted by Gasteiger charge is 2.28. The number of ketones is 1. The number of halogens is 1. The molecular formula is C17H15BrO2. The molecule has 20 heavy (non-hydrogen) atoms. The first kappa shape index (κ1) is 13.4. The number of aryl methyl sites for hydroxylation is 1. The van der Waals surface area contributed by atoms with Gasteiger partial charge in [-0.2, -0.15) is 0 Å². The summed E-state index contributed by atoms with van der Waals surface area (Å²) in [6.07, 6.45) is 0.211. The molecule has 0 amide bonds. The maximum absolute atomic E-state index is 12.3. The van der Waals surface area contributed by atoms with E-state index in [1.165, 1.54) is 11.1 Å². The highest BCUT2D eigenvalue weighted by molar-refractivity contribution is 9.10. The zero-order chi connectivity index (χ0) is 14.3. The molecule has 0 aromatic heterocycles. The Kier molecular flexibility index (Phi) is 3.38. The fourth-order valence-corrected chi connectivity index (χ4v) is 2.93. The lowest BCUT2D eigenvalue weighted by Crippen LogP contribution is -2.21. The van der Waals surface area contributed by atoms with Crippen LogP contribution in [0, 0.1) is 13.8 Å². The second-order valence-corrected chi connectivity index (χ2v) is 6.08. The smallest absolute Gasteiger partial charge is 0.170 e. The van der Waals surface area contributed by atoms with E-state index in [9.17, 15) is 4.79 Å². The predicted octanol–water partition coefficient (Wildman–Crippen LogP) is 4.77. The van der Waals surface area contributed by atoms with E-state index in [2.05, 4.69) is 35.8 Å².